The number of allylic oxidation sites excluding steroid dienone is 2. The fourth-order valence-corrected chi connectivity index (χ4v) is 44.3. The fraction of sp³-hybridized carbons (Fsp3) is 0.533. The van der Waals surface area contributed by atoms with Crippen LogP contribution in [0.4, 0.5) is 52.7 Å². The summed E-state index contributed by atoms with van der Waals surface area (Å²) in [6.07, 6.45) is -1.78. The van der Waals surface area contributed by atoms with E-state index in [1.54, 1.807) is 24.3 Å². The Balaban J connectivity index is 0.00000328. The van der Waals surface area contributed by atoms with Crippen LogP contribution in [-0.4, -0.2) is 6.88 Å². The molecule has 0 N–H and O–H groups in total. The van der Waals surface area contributed by atoms with Gasteiger partial charge in [-0.15, -0.1) is 24.8 Å². The number of hydrogen-bond donors (Lipinski definition) is 0. The second-order valence-electron chi connectivity index (χ2n) is 25.4. The van der Waals surface area contributed by atoms with E-state index in [0.717, 1.165) is 110 Å². The van der Waals surface area contributed by atoms with Crippen molar-refractivity contribution in [2.24, 2.45) is 59.2 Å². The maximum Gasteiger partial charge on any atom is -0.147 e. The minimum absolute atomic E-state index is 0. The van der Waals surface area contributed by atoms with E-state index in [2.05, 4.69) is 30.6 Å². The number of halogens is 14. The molecule has 0 spiro atoms. The van der Waals surface area contributed by atoms with Gasteiger partial charge < -0.3 is 0 Å². The molecule has 16 heteroatoms. The zero-order valence-electron chi connectivity index (χ0n) is 42.5. The van der Waals surface area contributed by atoms with Crippen LogP contribution in [0.15, 0.2) is 83.9 Å². The molecule has 410 valence electrons. The molecule has 8 fully saturated rings. The normalized spacial score (nSPS) is 30.4. The quantitative estimate of drug-likeness (QED) is 0.110. The van der Waals surface area contributed by atoms with E-state index in [9.17, 15) is 52.7 Å². The standard InChI is InChI=1S/2C28H25F6.C3H7.CH3.2ClH.H2Si.Zr/c2*29-27(30,31)22-12-21(13-23(14-22)28(32,33)34)24-3-1-2-18-5-17(11-26(18)24)10-25-19-6-15-4-16(8-19)9-20(25)7-15;1-3-2;;;;;/h2*1-3,5,11-16,19-20,25H,4,6-10H2;1,3H2,2H3;1H3;2*1H;1H2;. The van der Waals surface area contributed by atoms with Crippen LogP contribution in [0, 0.1) is 59.2 Å². The molecule has 0 saturated heterocycles. The third kappa shape index (κ3) is 9.70. The van der Waals surface area contributed by atoms with Crippen LogP contribution in [0.2, 0.25) is 8.76 Å². The van der Waals surface area contributed by atoms with E-state index in [1.807, 2.05) is 12.1 Å². The summed E-state index contributed by atoms with van der Waals surface area (Å²) in [5.74, 6) is 5.62. The molecule has 2 atom stereocenters. The second kappa shape index (κ2) is 19.4. The Labute approximate surface area is 452 Å². The van der Waals surface area contributed by atoms with Gasteiger partial charge >= 0.3 is 430 Å². The third-order valence-electron chi connectivity index (χ3n) is 20.6. The molecule has 4 aromatic rings. The minimum Gasteiger partial charge on any atom is -0.147 e. The molecular formula is C60H64Cl2F12SiZr. The Morgan fingerprint density at radius 3 is 1.04 bits per heavy atom. The molecule has 14 rings (SSSR count). The molecule has 0 amide bonds. The van der Waals surface area contributed by atoms with Crippen LogP contribution in [0.3, 0.4) is 0 Å². The summed E-state index contributed by atoms with van der Waals surface area (Å²) in [6, 6.07) is 14.6. The van der Waals surface area contributed by atoms with Gasteiger partial charge in [0, 0.05) is 0 Å². The number of rotatable bonds is 10. The zero-order chi connectivity index (χ0) is 52.3. The van der Waals surface area contributed by atoms with Crippen molar-refractivity contribution in [3.8, 4) is 22.3 Å². The molecule has 8 saturated carbocycles. The van der Waals surface area contributed by atoms with Gasteiger partial charge in [-0.3, -0.25) is 0 Å². The Kier molecular flexibility index (Phi) is 14.4. The summed E-state index contributed by atoms with van der Waals surface area (Å²) >= 11 is -4.95. The SMILES string of the molecule is CC[CH2][Zr]([CH3])(=[SiH2])([CH]1C(CC2C3CC4CC(C3)CC2C4)=Cc2c(-c3cc(C(F)(F)F)cc(C(F)(F)F)c3)cccc21)[CH]1C(CC2C3CC4CC(C3)CC2C4)=Cc2c(-c3cc(C(F)(F)F)cc(C(F)(F)F)c3)cccc21.Cl.Cl. The molecule has 4 aromatic carbocycles. The Morgan fingerprint density at radius 1 is 0.461 bits per heavy atom. The van der Waals surface area contributed by atoms with Gasteiger partial charge in [0.1, 0.15) is 0 Å². The Hall–Kier alpha value is -2.80. The van der Waals surface area contributed by atoms with Crippen molar-refractivity contribution in [1.29, 1.82) is 0 Å². The monoisotopic (exact) mass is 1200 g/mol. The molecule has 0 aromatic heterocycles. The van der Waals surface area contributed by atoms with Crippen molar-refractivity contribution < 1.29 is 70.1 Å². The number of hydrogen-bond acceptors (Lipinski definition) is 0. The van der Waals surface area contributed by atoms with E-state index in [4.69, 9.17) is 0 Å². The van der Waals surface area contributed by atoms with Crippen molar-refractivity contribution >= 4 is 43.8 Å². The molecule has 0 nitrogen and oxygen atoms in total. The first-order valence-corrected chi connectivity index (χ1v) is 40.0. The Bertz CT molecular complexity index is 2760. The first kappa shape index (κ1) is 56.5. The van der Waals surface area contributed by atoms with E-state index < -0.39 is 64.4 Å². The summed E-state index contributed by atoms with van der Waals surface area (Å²) in [6.45, 7) is 4.29. The van der Waals surface area contributed by atoms with E-state index >= 15 is 0 Å². The van der Waals surface area contributed by atoms with Gasteiger partial charge in [0.15, 0.2) is 0 Å². The van der Waals surface area contributed by atoms with E-state index in [-0.39, 0.29) is 55.3 Å². The van der Waals surface area contributed by atoms with Crippen molar-refractivity contribution in [2.45, 2.75) is 131 Å². The Morgan fingerprint density at radius 2 is 0.763 bits per heavy atom. The number of fused-ring (bicyclic) bond motifs is 2. The van der Waals surface area contributed by atoms with Crippen LogP contribution in [0.5, 0.6) is 0 Å². The summed E-state index contributed by atoms with van der Waals surface area (Å²) in [4.78, 5) is 0. The zero-order valence-corrected chi connectivity index (χ0v) is 48.0. The molecule has 0 heterocycles. The van der Waals surface area contributed by atoms with Crippen LogP contribution in [0.25, 0.3) is 34.4 Å². The number of alkyl halides is 12. The molecule has 0 aliphatic heterocycles. The van der Waals surface area contributed by atoms with Gasteiger partial charge in [-0.2, -0.15) is 0 Å². The van der Waals surface area contributed by atoms with Crippen LogP contribution in [-0.2, 0) is 42.1 Å². The summed E-state index contributed by atoms with van der Waals surface area (Å²) in [5, 5.41) is 0. The first-order chi connectivity index (χ1) is 34.7. The second-order valence-corrected chi connectivity index (χ2v) is 53.8. The summed E-state index contributed by atoms with van der Waals surface area (Å²) in [5.41, 5.74) is 0.292. The summed E-state index contributed by atoms with van der Waals surface area (Å²) in [7, 11) is 0. The van der Waals surface area contributed by atoms with Gasteiger partial charge in [-0.1, -0.05) is 0 Å². The maximum atomic E-state index is 14.5. The predicted molar refractivity (Wildman–Crippen MR) is 280 cm³/mol. The van der Waals surface area contributed by atoms with Crippen molar-refractivity contribution in [1.82, 2.24) is 0 Å². The van der Waals surface area contributed by atoms with Crippen molar-refractivity contribution in [3.05, 3.63) is 128 Å². The van der Waals surface area contributed by atoms with Crippen molar-refractivity contribution in [2.75, 3.05) is 0 Å². The first-order valence-electron chi connectivity index (χ1n) is 27.0. The van der Waals surface area contributed by atoms with Crippen LogP contribution < -0.4 is 0 Å². The van der Waals surface area contributed by atoms with Gasteiger partial charge in [0.2, 0.25) is 0 Å². The third-order valence-corrected chi connectivity index (χ3v) is 44.1. The predicted octanol–water partition coefficient (Wildman–Crippen LogP) is 19.6. The van der Waals surface area contributed by atoms with Crippen LogP contribution >= 0.6 is 24.8 Å². The van der Waals surface area contributed by atoms with Crippen molar-refractivity contribution in [3.63, 3.8) is 0 Å². The fourth-order valence-electron chi connectivity index (χ4n) is 18.5. The van der Waals surface area contributed by atoms with E-state index in [0.29, 0.717) is 81.4 Å². The summed E-state index contributed by atoms with van der Waals surface area (Å²) < 4.78 is 177. The molecule has 76 heavy (non-hydrogen) atoms. The van der Waals surface area contributed by atoms with Gasteiger partial charge in [0.05, 0.1) is 0 Å². The minimum atomic E-state index is -5.04. The van der Waals surface area contributed by atoms with Gasteiger partial charge in [0.25, 0.3) is 0 Å². The van der Waals surface area contributed by atoms with Crippen LogP contribution in [0.1, 0.15) is 142 Å². The molecule has 10 aliphatic rings. The van der Waals surface area contributed by atoms with E-state index in [1.165, 1.54) is 24.0 Å². The number of benzene rings is 4. The molecule has 0 radical (unpaired) electrons. The maximum absolute atomic E-state index is 14.5. The molecule has 2 unspecified atom stereocenters. The average Bonchev–Trinajstić information content (AvgIpc) is 3.91. The molecular weight excluding hydrogens is 1140 g/mol. The molecule has 10 aliphatic carbocycles. The molecule has 8 bridgehead atoms. The average molecular weight is 1200 g/mol. The van der Waals surface area contributed by atoms with Gasteiger partial charge in [-0.05, 0) is 0 Å². The largest absolute Gasteiger partial charge is 0.147 e. The topological polar surface area (TPSA) is 0 Å². The van der Waals surface area contributed by atoms with Gasteiger partial charge in [-0.25, -0.2) is 0 Å². The smallest absolute Gasteiger partial charge is 0.147 e.